The molecule has 1 atom stereocenters. The molecule has 0 aliphatic carbocycles. The van der Waals surface area contributed by atoms with E-state index in [1.165, 1.54) is 12.1 Å². The van der Waals surface area contributed by atoms with Gasteiger partial charge < -0.3 is 9.84 Å². The van der Waals surface area contributed by atoms with E-state index in [9.17, 15) is 4.39 Å². The summed E-state index contributed by atoms with van der Waals surface area (Å²) in [6.45, 7) is 5.04. The molecule has 0 aliphatic rings. The molecule has 0 radical (unpaired) electrons. The number of ether oxygens (including phenoxy) is 1. The van der Waals surface area contributed by atoms with E-state index in [1.807, 2.05) is 0 Å². The first kappa shape index (κ1) is 10.7. The van der Waals surface area contributed by atoms with Gasteiger partial charge in [0.25, 0.3) is 0 Å². The van der Waals surface area contributed by atoms with E-state index in [-0.39, 0.29) is 18.5 Å². The Bertz CT molecular complexity index is 323. The first-order valence-corrected chi connectivity index (χ1v) is 4.36. The fourth-order valence-corrected chi connectivity index (χ4v) is 1.04. The van der Waals surface area contributed by atoms with Gasteiger partial charge in [-0.05, 0) is 13.0 Å². The van der Waals surface area contributed by atoms with Crippen molar-refractivity contribution in [1.82, 2.24) is 0 Å². The van der Waals surface area contributed by atoms with Gasteiger partial charge in [0.15, 0.2) is 11.6 Å². The van der Waals surface area contributed by atoms with Crippen molar-refractivity contribution >= 4 is 0 Å². The molecule has 0 heterocycles. The third-order valence-electron chi connectivity index (χ3n) is 1.85. The van der Waals surface area contributed by atoms with E-state index < -0.39 is 5.82 Å². The van der Waals surface area contributed by atoms with Crippen LogP contribution in [0.5, 0.6) is 5.75 Å². The number of aliphatic hydroxyl groups is 1. The normalized spacial score (nSPS) is 12.2. The molecule has 1 aromatic carbocycles. The van der Waals surface area contributed by atoms with Crippen molar-refractivity contribution < 1.29 is 14.2 Å². The molecule has 1 N–H and O–H groups in total. The van der Waals surface area contributed by atoms with Crippen molar-refractivity contribution in [2.24, 2.45) is 0 Å². The van der Waals surface area contributed by atoms with Crippen LogP contribution in [-0.2, 0) is 6.61 Å². The average molecular weight is 196 g/mol. The highest BCUT2D eigenvalue weighted by atomic mass is 19.1. The minimum Gasteiger partial charge on any atom is -0.483 e. The van der Waals surface area contributed by atoms with E-state index in [0.717, 1.165) is 0 Å². The first-order chi connectivity index (χ1) is 6.69. The molecular weight excluding hydrogens is 183 g/mol. The van der Waals surface area contributed by atoms with Crippen LogP contribution in [0.1, 0.15) is 12.5 Å². The lowest BCUT2D eigenvalue weighted by Crippen LogP contribution is -2.10. The molecule has 0 fully saturated rings. The molecule has 76 valence electrons. The SMILES string of the molecule is C=CC(C)Oc1c(F)cccc1CO. The van der Waals surface area contributed by atoms with Gasteiger partial charge in [-0.3, -0.25) is 0 Å². The monoisotopic (exact) mass is 196 g/mol. The Kier molecular flexibility index (Phi) is 3.65. The number of benzene rings is 1. The molecular formula is C11H13FO2. The summed E-state index contributed by atoms with van der Waals surface area (Å²) in [5, 5.41) is 8.96. The lowest BCUT2D eigenvalue weighted by molar-refractivity contribution is 0.234. The summed E-state index contributed by atoms with van der Waals surface area (Å²) in [4.78, 5) is 0. The first-order valence-electron chi connectivity index (χ1n) is 4.36. The largest absolute Gasteiger partial charge is 0.483 e. The van der Waals surface area contributed by atoms with Gasteiger partial charge in [0.2, 0.25) is 0 Å². The summed E-state index contributed by atoms with van der Waals surface area (Å²) in [5.74, 6) is -0.368. The van der Waals surface area contributed by atoms with Crippen LogP contribution in [0.15, 0.2) is 30.9 Å². The van der Waals surface area contributed by atoms with Crippen LogP contribution in [0.25, 0.3) is 0 Å². The molecule has 0 aliphatic heterocycles. The number of hydrogen-bond donors (Lipinski definition) is 1. The molecule has 1 aromatic rings. The Morgan fingerprint density at radius 2 is 2.36 bits per heavy atom. The van der Waals surface area contributed by atoms with Gasteiger partial charge in [-0.25, -0.2) is 4.39 Å². The van der Waals surface area contributed by atoms with Crippen molar-refractivity contribution in [3.05, 3.63) is 42.2 Å². The lowest BCUT2D eigenvalue weighted by Gasteiger charge is -2.14. The van der Waals surface area contributed by atoms with Crippen LogP contribution in [0.3, 0.4) is 0 Å². The van der Waals surface area contributed by atoms with Crippen LogP contribution in [0.2, 0.25) is 0 Å². The van der Waals surface area contributed by atoms with Crippen molar-refractivity contribution in [2.75, 3.05) is 0 Å². The van der Waals surface area contributed by atoms with E-state index in [0.29, 0.717) is 5.56 Å². The summed E-state index contributed by atoms with van der Waals surface area (Å²) in [7, 11) is 0. The van der Waals surface area contributed by atoms with Crippen molar-refractivity contribution in [3.8, 4) is 5.75 Å². The fraction of sp³-hybridized carbons (Fsp3) is 0.273. The van der Waals surface area contributed by atoms with Crippen molar-refractivity contribution in [2.45, 2.75) is 19.6 Å². The van der Waals surface area contributed by atoms with Gasteiger partial charge in [-0.2, -0.15) is 0 Å². The standard InChI is InChI=1S/C11H13FO2/c1-3-8(2)14-11-9(7-13)5-4-6-10(11)12/h3-6,8,13H,1,7H2,2H3. The maximum atomic E-state index is 13.3. The number of halogens is 1. The lowest BCUT2D eigenvalue weighted by atomic mass is 10.2. The quantitative estimate of drug-likeness (QED) is 0.748. The van der Waals surface area contributed by atoms with E-state index in [1.54, 1.807) is 19.1 Å². The Balaban J connectivity index is 2.98. The summed E-state index contributed by atoms with van der Waals surface area (Å²) in [6.07, 6.45) is 1.28. The topological polar surface area (TPSA) is 29.5 Å². The summed E-state index contributed by atoms with van der Waals surface area (Å²) < 4.78 is 18.5. The third kappa shape index (κ3) is 2.33. The molecule has 14 heavy (non-hydrogen) atoms. The molecule has 0 amide bonds. The number of aliphatic hydroxyl groups excluding tert-OH is 1. The Morgan fingerprint density at radius 1 is 1.64 bits per heavy atom. The minimum atomic E-state index is -0.467. The van der Waals surface area contributed by atoms with Gasteiger partial charge in [-0.1, -0.05) is 24.8 Å². The highest BCUT2D eigenvalue weighted by Crippen LogP contribution is 2.23. The van der Waals surface area contributed by atoms with Crippen LogP contribution in [0, 0.1) is 5.82 Å². The zero-order chi connectivity index (χ0) is 10.6. The van der Waals surface area contributed by atoms with E-state index in [2.05, 4.69) is 6.58 Å². The van der Waals surface area contributed by atoms with E-state index in [4.69, 9.17) is 9.84 Å². The second kappa shape index (κ2) is 4.77. The van der Waals surface area contributed by atoms with Gasteiger partial charge >= 0.3 is 0 Å². The minimum absolute atomic E-state index is 0.0994. The molecule has 2 nitrogen and oxygen atoms in total. The van der Waals surface area contributed by atoms with Gasteiger partial charge in [-0.15, -0.1) is 0 Å². The van der Waals surface area contributed by atoms with Crippen LogP contribution in [0.4, 0.5) is 4.39 Å². The second-order valence-electron chi connectivity index (χ2n) is 2.94. The number of hydrogen-bond acceptors (Lipinski definition) is 2. The Morgan fingerprint density at radius 3 is 2.93 bits per heavy atom. The molecule has 3 heteroatoms. The van der Waals surface area contributed by atoms with Crippen LogP contribution < -0.4 is 4.74 Å². The van der Waals surface area contributed by atoms with Gasteiger partial charge in [0.05, 0.1) is 6.61 Å². The molecule has 0 bridgehead atoms. The molecule has 0 spiro atoms. The zero-order valence-electron chi connectivity index (χ0n) is 8.03. The second-order valence-corrected chi connectivity index (χ2v) is 2.94. The average Bonchev–Trinajstić information content (AvgIpc) is 2.20. The summed E-state index contributed by atoms with van der Waals surface area (Å²) in [5.41, 5.74) is 0.443. The Labute approximate surface area is 82.6 Å². The summed E-state index contributed by atoms with van der Waals surface area (Å²) >= 11 is 0. The summed E-state index contributed by atoms with van der Waals surface area (Å²) in [6, 6.07) is 4.45. The number of rotatable bonds is 4. The predicted octanol–water partition coefficient (Wildman–Crippen LogP) is 2.27. The molecule has 1 rings (SSSR count). The highest BCUT2D eigenvalue weighted by Gasteiger charge is 2.10. The Hall–Kier alpha value is -1.35. The maximum absolute atomic E-state index is 13.3. The van der Waals surface area contributed by atoms with E-state index >= 15 is 0 Å². The molecule has 1 unspecified atom stereocenters. The molecule has 0 saturated carbocycles. The van der Waals surface area contributed by atoms with Crippen LogP contribution >= 0.6 is 0 Å². The van der Waals surface area contributed by atoms with Crippen molar-refractivity contribution in [3.63, 3.8) is 0 Å². The predicted molar refractivity (Wildman–Crippen MR) is 52.6 cm³/mol. The molecule has 0 aromatic heterocycles. The smallest absolute Gasteiger partial charge is 0.165 e. The van der Waals surface area contributed by atoms with Gasteiger partial charge in [0.1, 0.15) is 6.10 Å². The maximum Gasteiger partial charge on any atom is 0.165 e. The highest BCUT2D eigenvalue weighted by molar-refractivity contribution is 5.34. The zero-order valence-corrected chi connectivity index (χ0v) is 8.03. The molecule has 0 saturated heterocycles. The third-order valence-corrected chi connectivity index (χ3v) is 1.85. The number of para-hydroxylation sites is 1. The van der Waals surface area contributed by atoms with Gasteiger partial charge in [0, 0.05) is 5.56 Å². The van der Waals surface area contributed by atoms with Crippen LogP contribution in [-0.4, -0.2) is 11.2 Å². The van der Waals surface area contributed by atoms with Crippen molar-refractivity contribution in [1.29, 1.82) is 0 Å². The fourth-order valence-electron chi connectivity index (χ4n) is 1.04.